The maximum atomic E-state index is 11.0. The molecule has 1 aliphatic heterocycles. The molecule has 0 aromatic carbocycles. The summed E-state index contributed by atoms with van der Waals surface area (Å²) in [5, 5.41) is 9.06. The van der Waals surface area contributed by atoms with Crippen LogP contribution in [0.2, 0.25) is 0 Å². The van der Waals surface area contributed by atoms with Gasteiger partial charge in [0, 0.05) is 11.5 Å². The van der Waals surface area contributed by atoms with Crippen molar-refractivity contribution in [2.75, 3.05) is 0 Å². The molecule has 1 saturated carbocycles. The highest BCUT2D eigenvalue weighted by molar-refractivity contribution is 6.45. The van der Waals surface area contributed by atoms with E-state index in [2.05, 4.69) is 18.8 Å². The van der Waals surface area contributed by atoms with Crippen LogP contribution in [0, 0.1) is 11.8 Å². The molecule has 1 N–H and O–H groups in total. The lowest BCUT2D eigenvalue weighted by Gasteiger charge is -2.25. The Morgan fingerprint density at radius 2 is 2.06 bits per heavy atom. The van der Waals surface area contributed by atoms with Gasteiger partial charge in [-0.05, 0) is 31.6 Å². The molecule has 0 saturated heterocycles. The molecule has 0 amide bonds. The van der Waals surface area contributed by atoms with Crippen LogP contribution in [0.15, 0.2) is 16.3 Å². The van der Waals surface area contributed by atoms with Gasteiger partial charge in [0.15, 0.2) is 5.71 Å². The van der Waals surface area contributed by atoms with Crippen molar-refractivity contribution in [3.8, 4) is 0 Å². The normalized spacial score (nSPS) is 20.8. The Morgan fingerprint density at radius 3 is 2.59 bits per heavy atom. The van der Waals surface area contributed by atoms with Crippen molar-refractivity contribution >= 4 is 11.7 Å². The van der Waals surface area contributed by atoms with Crippen LogP contribution in [0.5, 0.6) is 0 Å². The molecule has 0 unspecified atom stereocenters. The maximum absolute atomic E-state index is 11.0. The monoisotopic (exact) mass is 235 g/mol. The number of rotatable bonds is 5. The Kier molecular flexibility index (Phi) is 3.65. The number of allylic oxidation sites excluding steroid dienone is 1. The third-order valence-corrected chi connectivity index (χ3v) is 3.74. The Labute approximate surface area is 103 Å². The molecule has 3 nitrogen and oxygen atoms in total. The fourth-order valence-electron chi connectivity index (χ4n) is 2.72. The van der Waals surface area contributed by atoms with Crippen LogP contribution in [-0.4, -0.2) is 16.8 Å². The Balaban J connectivity index is 2.06. The summed E-state index contributed by atoms with van der Waals surface area (Å²) in [5.74, 6) is 0.300. The quantitative estimate of drug-likeness (QED) is 0.794. The third kappa shape index (κ3) is 2.59. The molecule has 2 rings (SSSR count). The topological polar surface area (TPSA) is 49.7 Å². The van der Waals surface area contributed by atoms with E-state index >= 15 is 0 Å². The van der Waals surface area contributed by atoms with Crippen LogP contribution >= 0.6 is 0 Å². The van der Waals surface area contributed by atoms with Gasteiger partial charge in [0.25, 0.3) is 0 Å². The van der Waals surface area contributed by atoms with Crippen LogP contribution in [0.4, 0.5) is 0 Å². The molecule has 94 valence electrons. The van der Waals surface area contributed by atoms with Gasteiger partial charge in [-0.2, -0.15) is 0 Å². The van der Waals surface area contributed by atoms with Crippen molar-refractivity contribution < 1.29 is 9.90 Å². The van der Waals surface area contributed by atoms with Gasteiger partial charge in [-0.15, -0.1) is 0 Å². The van der Waals surface area contributed by atoms with Gasteiger partial charge in [0.1, 0.15) is 0 Å². The predicted octanol–water partition coefficient (Wildman–Crippen LogP) is 3.41. The summed E-state index contributed by atoms with van der Waals surface area (Å²) in [4.78, 5) is 15.3. The number of carbonyl (C=O) groups is 1. The van der Waals surface area contributed by atoms with Crippen LogP contribution in [0.25, 0.3) is 0 Å². The highest BCUT2D eigenvalue weighted by atomic mass is 16.4. The van der Waals surface area contributed by atoms with Gasteiger partial charge in [-0.1, -0.05) is 26.7 Å². The van der Waals surface area contributed by atoms with Crippen molar-refractivity contribution in [1.29, 1.82) is 0 Å². The van der Waals surface area contributed by atoms with Crippen LogP contribution < -0.4 is 0 Å². The highest BCUT2D eigenvalue weighted by Gasteiger charge is 2.33. The van der Waals surface area contributed by atoms with Crippen molar-refractivity contribution in [2.24, 2.45) is 16.8 Å². The summed E-state index contributed by atoms with van der Waals surface area (Å²) < 4.78 is 0. The fourth-order valence-corrected chi connectivity index (χ4v) is 2.72. The molecule has 1 aliphatic carbocycles. The van der Waals surface area contributed by atoms with Crippen LogP contribution in [-0.2, 0) is 4.79 Å². The first-order chi connectivity index (χ1) is 8.09. The van der Waals surface area contributed by atoms with E-state index in [1.807, 2.05) is 0 Å². The molecule has 0 bridgehead atoms. The zero-order valence-electron chi connectivity index (χ0n) is 10.7. The smallest absolute Gasteiger partial charge is 0.354 e. The average Bonchev–Trinajstić information content (AvgIpc) is 2.68. The van der Waals surface area contributed by atoms with Crippen molar-refractivity contribution in [3.63, 3.8) is 0 Å². The summed E-state index contributed by atoms with van der Waals surface area (Å²) >= 11 is 0. The molecular weight excluding hydrogens is 214 g/mol. The van der Waals surface area contributed by atoms with Gasteiger partial charge >= 0.3 is 5.97 Å². The Bertz CT molecular complexity index is 374. The van der Waals surface area contributed by atoms with E-state index in [4.69, 9.17) is 5.11 Å². The Hall–Kier alpha value is -1.12. The summed E-state index contributed by atoms with van der Waals surface area (Å²) in [5.41, 5.74) is 2.48. The van der Waals surface area contributed by atoms with Gasteiger partial charge in [0.05, 0.1) is 5.70 Å². The first-order valence-electron chi connectivity index (χ1n) is 6.65. The molecule has 3 heteroatoms. The van der Waals surface area contributed by atoms with E-state index in [9.17, 15) is 4.79 Å². The lowest BCUT2D eigenvalue weighted by atomic mass is 9.87. The molecule has 0 aromatic heterocycles. The lowest BCUT2D eigenvalue weighted by Crippen LogP contribution is -2.27. The van der Waals surface area contributed by atoms with E-state index in [0.29, 0.717) is 17.5 Å². The second kappa shape index (κ2) is 5.03. The largest absolute Gasteiger partial charge is 0.477 e. The molecule has 1 heterocycles. The average molecular weight is 235 g/mol. The number of nitrogens with zero attached hydrogens (tertiary/aromatic N) is 1. The predicted molar refractivity (Wildman–Crippen MR) is 68.1 cm³/mol. The van der Waals surface area contributed by atoms with Gasteiger partial charge in [0.2, 0.25) is 0 Å². The molecular formula is C14H21NO2. The zero-order valence-corrected chi connectivity index (χ0v) is 10.7. The minimum absolute atomic E-state index is 0.326. The van der Waals surface area contributed by atoms with Crippen molar-refractivity contribution in [1.82, 2.24) is 0 Å². The Morgan fingerprint density at radius 1 is 1.41 bits per heavy atom. The molecule has 17 heavy (non-hydrogen) atoms. The van der Waals surface area contributed by atoms with Crippen LogP contribution in [0.1, 0.15) is 52.4 Å². The van der Waals surface area contributed by atoms with Crippen molar-refractivity contribution in [2.45, 2.75) is 52.4 Å². The van der Waals surface area contributed by atoms with E-state index in [1.54, 1.807) is 0 Å². The fraction of sp³-hybridized carbons (Fsp3) is 0.714. The maximum Gasteiger partial charge on any atom is 0.354 e. The molecule has 0 radical (unpaired) electrons. The molecule has 0 atom stereocenters. The van der Waals surface area contributed by atoms with E-state index in [-0.39, 0.29) is 0 Å². The summed E-state index contributed by atoms with van der Waals surface area (Å²) in [6.45, 7) is 4.35. The standard InChI is InChI=1S/C14H21NO2/c1-9(2)7-8-11-12(10-5-3-4-6-10)15-13(11)14(16)17/h9-10H,3-8H2,1-2H3,(H,16,17). The van der Waals surface area contributed by atoms with E-state index < -0.39 is 5.97 Å². The number of hydrogen-bond donors (Lipinski definition) is 1. The number of hydrogen-bond acceptors (Lipinski definition) is 2. The first-order valence-corrected chi connectivity index (χ1v) is 6.65. The lowest BCUT2D eigenvalue weighted by molar-refractivity contribution is -0.129. The summed E-state index contributed by atoms with van der Waals surface area (Å²) in [6.07, 6.45) is 6.85. The van der Waals surface area contributed by atoms with Gasteiger partial charge in [-0.25, -0.2) is 9.79 Å². The number of aliphatic imine (C=N–C) groups is 1. The first kappa shape index (κ1) is 12.3. The van der Waals surface area contributed by atoms with E-state index in [1.165, 1.54) is 25.7 Å². The summed E-state index contributed by atoms with van der Waals surface area (Å²) in [7, 11) is 0. The van der Waals surface area contributed by atoms with Gasteiger partial charge < -0.3 is 5.11 Å². The molecule has 1 fully saturated rings. The summed E-state index contributed by atoms with van der Waals surface area (Å²) in [6, 6.07) is 0. The second-order valence-corrected chi connectivity index (χ2v) is 5.54. The minimum Gasteiger partial charge on any atom is -0.477 e. The third-order valence-electron chi connectivity index (χ3n) is 3.74. The van der Waals surface area contributed by atoms with Gasteiger partial charge in [-0.3, -0.25) is 0 Å². The highest BCUT2D eigenvalue weighted by Crippen LogP contribution is 2.39. The SMILES string of the molecule is CC(C)CCC1=C(C2CCCC2)N=C1C(=O)O. The minimum atomic E-state index is -0.856. The second-order valence-electron chi connectivity index (χ2n) is 5.54. The number of aliphatic carboxylic acids is 1. The molecule has 2 aliphatic rings. The number of carboxylic acids is 1. The molecule has 0 aromatic rings. The van der Waals surface area contributed by atoms with Crippen LogP contribution in [0.3, 0.4) is 0 Å². The van der Waals surface area contributed by atoms with E-state index in [0.717, 1.165) is 24.1 Å². The van der Waals surface area contributed by atoms with Crippen molar-refractivity contribution in [3.05, 3.63) is 11.3 Å². The zero-order chi connectivity index (χ0) is 12.4. The number of carboxylic acid groups (broad SMARTS) is 1. The molecule has 0 spiro atoms.